The van der Waals surface area contributed by atoms with E-state index >= 15 is 0 Å². The molecule has 0 spiro atoms. The van der Waals surface area contributed by atoms with Crippen LogP contribution in [0.4, 0.5) is 8.78 Å². The van der Waals surface area contributed by atoms with E-state index in [4.69, 9.17) is 21.1 Å². The average Bonchev–Trinajstić information content (AvgIpc) is 2.65. The van der Waals surface area contributed by atoms with E-state index in [2.05, 4.69) is 4.74 Å². The molecular formula is C19H17ClF2O4. The van der Waals surface area contributed by atoms with Crippen molar-refractivity contribution in [2.45, 2.75) is 12.5 Å². The highest BCUT2D eigenvalue weighted by Gasteiger charge is 2.13. The van der Waals surface area contributed by atoms with Crippen LogP contribution in [0.15, 0.2) is 42.5 Å². The Balaban J connectivity index is 2.20. The molecule has 2 aromatic rings. The van der Waals surface area contributed by atoms with Crippen molar-refractivity contribution in [2.24, 2.45) is 0 Å². The second-order valence-electron chi connectivity index (χ2n) is 5.15. The minimum atomic E-state index is -2.98. The average molecular weight is 383 g/mol. The summed E-state index contributed by atoms with van der Waals surface area (Å²) in [5, 5.41) is 0. The van der Waals surface area contributed by atoms with Crippen molar-refractivity contribution in [1.29, 1.82) is 0 Å². The number of alkyl halides is 3. The molecule has 0 amide bonds. The Kier molecular flexibility index (Phi) is 6.97. The largest absolute Gasteiger partial charge is 0.496 e. The number of allylic oxidation sites excluding steroid dienone is 1. The van der Waals surface area contributed by atoms with Crippen LogP contribution in [-0.2, 0) is 5.88 Å². The highest BCUT2D eigenvalue weighted by atomic mass is 35.5. The second kappa shape index (κ2) is 9.20. The van der Waals surface area contributed by atoms with Crippen LogP contribution in [0, 0.1) is 0 Å². The van der Waals surface area contributed by atoms with Gasteiger partial charge in [-0.05, 0) is 42.0 Å². The molecule has 7 heteroatoms. The molecule has 2 rings (SSSR count). The Hall–Kier alpha value is -2.60. The molecule has 0 saturated heterocycles. The monoisotopic (exact) mass is 382 g/mol. The summed E-state index contributed by atoms with van der Waals surface area (Å²) in [4.78, 5) is 12.3. The molecule has 138 valence electrons. The molecule has 0 radical (unpaired) electrons. The lowest BCUT2D eigenvalue weighted by Crippen LogP contribution is -2.04. The molecule has 0 heterocycles. The maximum absolute atomic E-state index is 12.3. The fraction of sp³-hybridized carbons (Fsp3) is 0.211. The summed E-state index contributed by atoms with van der Waals surface area (Å²) >= 11 is 5.88. The van der Waals surface area contributed by atoms with Crippen LogP contribution in [0.2, 0.25) is 0 Å². The first-order chi connectivity index (χ1) is 12.5. The molecule has 0 bridgehead atoms. The number of methoxy groups -OCH3 is 2. The molecule has 0 aliphatic carbocycles. The molecule has 4 nitrogen and oxygen atoms in total. The number of hydrogen-bond donors (Lipinski definition) is 0. The predicted molar refractivity (Wildman–Crippen MR) is 95.5 cm³/mol. The van der Waals surface area contributed by atoms with E-state index in [9.17, 15) is 13.6 Å². The van der Waals surface area contributed by atoms with E-state index in [1.54, 1.807) is 25.3 Å². The zero-order chi connectivity index (χ0) is 19.1. The fourth-order valence-corrected chi connectivity index (χ4v) is 2.50. The van der Waals surface area contributed by atoms with Gasteiger partial charge in [0.2, 0.25) is 0 Å². The molecule has 0 aliphatic rings. The third-order valence-corrected chi connectivity index (χ3v) is 3.83. The van der Waals surface area contributed by atoms with Gasteiger partial charge in [0, 0.05) is 11.1 Å². The summed E-state index contributed by atoms with van der Waals surface area (Å²) in [7, 11) is 2.86. The lowest BCUT2D eigenvalue weighted by Gasteiger charge is -2.10. The van der Waals surface area contributed by atoms with Crippen LogP contribution < -0.4 is 14.2 Å². The summed E-state index contributed by atoms with van der Waals surface area (Å²) in [5.74, 6) is 0.558. The first-order valence-electron chi connectivity index (χ1n) is 7.56. The lowest BCUT2D eigenvalue weighted by molar-refractivity contribution is -0.0512. The van der Waals surface area contributed by atoms with Gasteiger partial charge >= 0.3 is 6.61 Å². The van der Waals surface area contributed by atoms with Crippen molar-refractivity contribution in [3.05, 3.63) is 59.2 Å². The summed E-state index contributed by atoms with van der Waals surface area (Å²) in [6.45, 7) is -2.98. The number of rotatable bonds is 8. The van der Waals surface area contributed by atoms with Crippen molar-refractivity contribution in [1.82, 2.24) is 0 Å². The van der Waals surface area contributed by atoms with Crippen LogP contribution in [0.1, 0.15) is 21.5 Å². The van der Waals surface area contributed by atoms with Gasteiger partial charge in [0.25, 0.3) is 0 Å². The molecule has 0 fully saturated rings. The van der Waals surface area contributed by atoms with Crippen molar-refractivity contribution >= 4 is 23.5 Å². The van der Waals surface area contributed by atoms with Crippen molar-refractivity contribution in [2.75, 3.05) is 14.2 Å². The second-order valence-corrected chi connectivity index (χ2v) is 5.41. The first-order valence-corrected chi connectivity index (χ1v) is 8.10. The predicted octanol–water partition coefficient (Wildman–Crippen LogP) is 4.94. The molecule has 2 aromatic carbocycles. The Labute approximate surface area is 154 Å². The van der Waals surface area contributed by atoms with Gasteiger partial charge in [-0.15, -0.1) is 11.6 Å². The quantitative estimate of drug-likeness (QED) is 0.368. The zero-order valence-corrected chi connectivity index (χ0v) is 14.9. The maximum Gasteiger partial charge on any atom is 0.387 e. The Morgan fingerprint density at radius 2 is 1.77 bits per heavy atom. The molecule has 0 saturated carbocycles. The summed E-state index contributed by atoms with van der Waals surface area (Å²) in [6.07, 6.45) is 3.01. The van der Waals surface area contributed by atoms with Gasteiger partial charge in [0.15, 0.2) is 17.3 Å². The molecule has 26 heavy (non-hydrogen) atoms. The van der Waals surface area contributed by atoms with Gasteiger partial charge in [-0.1, -0.05) is 12.1 Å². The van der Waals surface area contributed by atoms with Crippen molar-refractivity contribution in [3.63, 3.8) is 0 Å². The number of ketones is 1. The van der Waals surface area contributed by atoms with Crippen LogP contribution in [-0.4, -0.2) is 26.6 Å². The summed E-state index contributed by atoms with van der Waals surface area (Å²) in [6, 6.07) is 9.38. The minimum absolute atomic E-state index is 0.0541. The normalized spacial score (nSPS) is 11.0. The van der Waals surface area contributed by atoms with Crippen LogP contribution in [0.3, 0.4) is 0 Å². The van der Waals surface area contributed by atoms with E-state index in [1.165, 1.54) is 31.4 Å². The van der Waals surface area contributed by atoms with Crippen LogP contribution in [0.5, 0.6) is 17.2 Å². The van der Waals surface area contributed by atoms with Gasteiger partial charge < -0.3 is 14.2 Å². The van der Waals surface area contributed by atoms with Gasteiger partial charge in [0.05, 0.1) is 20.1 Å². The molecule has 0 aromatic heterocycles. The van der Waals surface area contributed by atoms with Gasteiger partial charge in [-0.3, -0.25) is 4.79 Å². The van der Waals surface area contributed by atoms with Gasteiger partial charge in [0.1, 0.15) is 5.75 Å². The molecular weight excluding hydrogens is 366 g/mol. The standard InChI is InChI=1S/C19H17ClF2O4/c1-24-16-7-4-12(9-14(16)11-20)3-6-15(23)13-5-8-17(26-19(21)22)18(10-13)25-2/h3-10,19H,11H2,1-2H3/b6-3+. The van der Waals surface area contributed by atoms with Crippen LogP contribution in [0.25, 0.3) is 6.08 Å². The lowest BCUT2D eigenvalue weighted by atomic mass is 10.1. The Morgan fingerprint density at radius 3 is 2.38 bits per heavy atom. The number of hydrogen-bond acceptors (Lipinski definition) is 4. The van der Waals surface area contributed by atoms with E-state index in [0.717, 1.165) is 11.1 Å². The van der Waals surface area contributed by atoms with Crippen molar-refractivity contribution < 1.29 is 27.8 Å². The smallest absolute Gasteiger partial charge is 0.387 e. The van der Waals surface area contributed by atoms with E-state index in [-0.39, 0.29) is 28.7 Å². The maximum atomic E-state index is 12.3. The number of carbonyl (C=O) groups is 1. The number of carbonyl (C=O) groups excluding carboxylic acids is 1. The van der Waals surface area contributed by atoms with Crippen molar-refractivity contribution in [3.8, 4) is 17.2 Å². The third kappa shape index (κ3) is 4.95. The van der Waals surface area contributed by atoms with E-state index < -0.39 is 6.61 Å². The SMILES string of the molecule is COc1ccc(/C=C/C(=O)c2ccc(OC(F)F)c(OC)c2)cc1CCl. The first kappa shape index (κ1) is 19.7. The summed E-state index contributed by atoms with van der Waals surface area (Å²) in [5.41, 5.74) is 1.86. The van der Waals surface area contributed by atoms with Gasteiger partial charge in [-0.2, -0.15) is 8.78 Å². The van der Waals surface area contributed by atoms with Crippen LogP contribution >= 0.6 is 11.6 Å². The topological polar surface area (TPSA) is 44.8 Å². The molecule has 0 unspecified atom stereocenters. The Bertz CT molecular complexity index is 806. The number of halogens is 3. The highest BCUT2D eigenvalue weighted by Crippen LogP contribution is 2.30. The summed E-state index contributed by atoms with van der Waals surface area (Å²) < 4.78 is 39.2. The van der Waals surface area contributed by atoms with E-state index in [1.807, 2.05) is 6.07 Å². The Morgan fingerprint density at radius 1 is 1.08 bits per heavy atom. The molecule has 0 atom stereocenters. The molecule has 0 N–H and O–H groups in total. The highest BCUT2D eigenvalue weighted by molar-refractivity contribution is 6.17. The third-order valence-electron chi connectivity index (χ3n) is 3.54. The van der Waals surface area contributed by atoms with E-state index in [0.29, 0.717) is 5.75 Å². The zero-order valence-electron chi connectivity index (χ0n) is 14.2. The minimum Gasteiger partial charge on any atom is -0.496 e. The molecule has 0 aliphatic heterocycles. The fourth-order valence-electron chi connectivity index (χ4n) is 2.29. The number of benzene rings is 2. The van der Waals surface area contributed by atoms with Gasteiger partial charge in [-0.25, -0.2) is 0 Å². The number of ether oxygens (including phenoxy) is 3.